The number of imide groups is 1. The topological polar surface area (TPSA) is 69.7 Å². The van der Waals surface area contributed by atoms with Gasteiger partial charge in [-0.15, -0.1) is 0 Å². The van der Waals surface area contributed by atoms with Crippen molar-refractivity contribution in [2.45, 2.75) is 45.2 Å². The lowest BCUT2D eigenvalue weighted by Gasteiger charge is -2.35. The van der Waals surface area contributed by atoms with Gasteiger partial charge in [-0.05, 0) is 45.2 Å². The van der Waals surface area contributed by atoms with Crippen LogP contribution in [0.15, 0.2) is 36.4 Å². The Bertz CT molecular complexity index is 718. The molecule has 2 fully saturated rings. The molecule has 1 N–H and O–H groups in total. The number of carbonyl (C=O) groups is 3. The van der Waals surface area contributed by atoms with Gasteiger partial charge < -0.3 is 10.2 Å². The lowest BCUT2D eigenvalue weighted by Crippen LogP contribution is -2.49. The highest BCUT2D eigenvalue weighted by Gasteiger charge is 2.42. The predicted molar refractivity (Wildman–Crippen MR) is 98.7 cm³/mol. The van der Waals surface area contributed by atoms with Crippen molar-refractivity contribution >= 4 is 17.8 Å². The lowest BCUT2D eigenvalue weighted by atomic mass is 10.0. The van der Waals surface area contributed by atoms with Gasteiger partial charge in [-0.25, -0.2) is 4.79 Å². The molecular weight excluding hydrogens is 330 g/mol. The number of benzene rings is 1. The molecule has 3 rings (SSSR count). The highest BCUT2D eigenvalue weighted by molar-refractivity contribution is 6.04. The van der Waals surface area contributed by atoms with Crippen LogP contribution in [-0.4, -0.2) is 52.8 Å². The number of rotatable bonds is 4. The number of amides is 4. The molecule has 2 heterocycles. The van der Waals surface area contributed by atoms with Gasteiger partial charge in [0.25, 0.3) is 11.8 Å². The van der Waals surface area contributed by atoms with Crippen molar-refractivity contribution in [3.05, 3.63) is 47.5 Å². The quantitative estimate of drug-likeness (QED) is 0.666. The summed E-state index contributed by atoms with van der Waals surface area (Å²) < 4.78 is 0. The third-order valence-corrected chi connectivity index (χ3v) is 5.07. The Morgan fingerprint density at radius 3 is 2.46 bits per heavy atom. The van der Waals surface area contributed by atoms with Gasteiger partial charge >= 0.3 is 6.03 Å². The molecule has 0 aromatic heterocycles. The Balaban J connectivity index is 1.59. The monoisotopic (exact) mass is 355 g/mol. The van der Waals surface area contributed by atoms with E-state index >= 15 is 0 Å². The van der Waals surface area contributed by atoms with E-state index in [1.165, 1.54) is 4.90 Å². The van der Waals surface area contributed by atoms with Crippen molar-refractivity contribution in [2.24, 2.45) is 0 Å². The van der Waals surface area contributed by atoms with Crippen LogP contribution in [0.25, 0.3) is 0 Å². The maximum Gasteiger partial charge on any atom is 0.325 e. The van der Waals surface area contributed by atoms with Crippen molar-refractivity contribution in [3.8, 4) is 0 Å². The molecule has 0 radical (unpaired) electrons. The molecule has 2 aliphatic rings. The summed E-state index contributed by atoms with van der Waals surface area (Å²) in [7, 11) is 0. The number of aryl methyl sites for hydroxylation is 1. The molecule has 26 heavy (non-hydrogen) atoms. The van der Waals surface area contributed by atoms with Gasteiger partial charge in [-0.2, -0.15) is 0 Å². The fourth-order valence-corrected chi connectivity index (χ4v) is 3.53. The van der Waals surface area contributed by atoms with E-state index in [4.69, 9.17) is 0 Å². The van der Waals surface area contributed by atoms with Crippen LogP contribution in [-0.2, 0) is 4.79 Å². The third-order valence-electron chi connectivity index (χ3n) is 5.07. The van der Waals surface area contributed by atoms with Gasteiger partial charge in [0.2, 0.25) is 0 Å². The number of hydrogen-bond acceptors (Lipinski definition) is 3. The van der Waals surface area contributed by atoms with Gasteiger partial charge in [0.15, 0.2) is 0 Å². The first-order chi connectivity index (χ1) is 12.5. The summed E-state index contributed by atoms with van der Waals surface area (Å²) in [6.07, 6.45) is 5.51. The predicted octanol–water partition coefficient (Wildman–Crippen LogP) is 2.49. The second-order valence-corrected chi connectivity index (χ2v) is 6.90. The van der Waals surface area contributed by atoms with Crippen LogP contribution in [0, 0.1) is 6.92 Å². The number of nitrogens with one attached hydrogen (secondary N) is 1. The Kier molecular flexibility index (Phi) is 5.40. The zero-order chi connectivity index (χ0) is 18.7. The van der Waals surface area contributed by atoms with Gasteiger partial charge in [-0.1, -0.05) is 29.8 Å². The second-order valence-electron chi connectivity index (χ2n) is 6.90. The summed E-state index contributed by atoms with van der Waals surface area (Å²) in [4.78, 5) is 40.5. The number of likely N-dealkylation sites (tertiary alicyclic amines) is 1. The summed E-state index contributed by atoms with van der Waals surface area (Å²) in [5.74, 6) is -0.150. The highest BCUT2D eigenvalue weighted by Crippen LogP contribution is 2.23. The summed E-state index contributed by atoms with van der Waals surface area (Å²) in [5.41, 5.74) is 1.79. The van der Waals surface area contributed by atoms with Crippen LogP contribution in [0.3, 0.4) is 0 Å². The fourth-order valence-electron chi connectivity index (χ4n) is 3.53. The number of carbonyl (C=O) groups excluding carboxylic acids is 3. The maximum absolute atomic E-state index is 12.6. The molecule has 1 atom stereocenters. The van der Waals surface area contributed by atoms with Crippen LogP contribution >= 0.6 is 0 Å². The van der Waals surface area contributed by atoms with Crippen molar-refractivity contribution in [3.63, 3.8) is 0 Å². The maximum atomic E-state index is 12.6. The second kappa shape index (κ2) is 7.72. The minimum Gasteiger partial charge on any atom is -0.338 e. The molecule has 0 bridgehead atoms. The molecule has 4 amide bonds. The van der Waals surface area contributed by atoms with E-state index in [0.717, 1.165) is 5.56 Å². The Hall–Kier alpha value is -2.63. The van der Waals surface area contributed by atoms with Crippen LogP contribution < -0.4 is 5.32 Å². The van der Waals surface area contributed by atoms with Crippen LogP contribution in [0.2, 0.25) is 0 Å². The molecule has 6 nitrogen and oxygen atoms in total. The van der Waals surface area contributed by atoms with Gasteiger partial charge in [0.1, 0.15) is 6.04 Å². The van der Waals surface area contributed by atoms with E-state index in [1.54, 1.807) is 4.90 Å². The molecule has 1 unspecified atom stereocenters. The normalized spacial score (nSPS) is 21.5. The smallest absolute Gasteiger partial charge is 0.325 e. The number of urea groups is 1. The minimum absolute atomic E-state index is 0.00612. The first kappa shape index (κ1) is 18.2. The number of nitrogens with zero attached hydrogens (tertiary/aromatic N) is 2. The Morgan fingerprint density at radius 1 is 1.19 bits per heavy atom. The number of allylic oxidation sites excluding steroid dienone is 1. The van der Waals surface area contributed by atoms with Crippen molar-refractivity contribution in [2.75, 3.05) is 13.1 Å². The molecule has 0 saturated carbocycles. The lowest BCUT2D eigenvalue weighted by molar-refractivity contribution is -0.129. The van der Waals surface area contributed by atoms with E-state index in [-0.39, 0.29) is 23.9 Å². The Labute approximate surface area is 153 Å². The SMILES string of the molecule is C/C=C/CC1NC(=O)N(C2CCN(C(=O)c3ccc(C)cc3)CC2)C1=O. The first-order valence-corrected chi connectivity index (χ1v) is 9.12. The zero-order valence-corrected chi connectivity index (χ0v) is 15.3. The van der Waals surface area contributed by atoms with Crippen LogP contribution in [0.1, 0.15) is 42.1 Å². The summed E-state index contributed by atoms with van der Waals surface area (Å²) in [5, 5.41) is 2.76. The standard InChI is InChI=1S/C20H25N3O3/c1-3-4-5-17-19(25)23(20(26)21-17)16-10-12-22(13-11-16)18(24)15-8-6-14(2)7-9-15/h3-4,6-9,16-17H,5,10-13H2,1-2H3,(H,21,26)/b4-3+. The largest absolute Gasteiger partial charge is 0.338 e. The van der Waals surface area contributed by atoms with Gasteiger partial charge in [0.05, 0.1) is 0 Å². The molecule has 6 heteroatoms. The van der Waals surface area contributed by atoms with E-state index in [9.17, 15) is 14.4 Å². The van der Waals surface area contributed by atoms with E-state index in [0.29, 0.717) is 37.9 Å². The van der Waals surface area contributed by atoms with E-state index < -0.39 is 6.04 Å². The van der Waals surface area contributed by atoms with Crippen LogP contribution in [0.5, 0.6) is 0 Å². The van der Waals surface area contributed by atoms with E-state index in [2.05, 4.69) is 5.32 Å². The fraction of sp³-hybridized carbons (Fsp3) is 0.450. The van der Waals surface area contributed by atoms with Crippen molar-refractivity contribution in [1.29, 1.82) is 0 Å². The molecule has 138 valence electrons. The van der Waals surface area contributed by atoms with Gasteiger partial charge in [0, 0.05) is 24.7 Å². The summed E-state index contributed by atoms with van der Waals surface area (Å²) in [6.45, 7) is 4.98. The Morgan fingerprint density at radius 2 is 1.85 bits per heavy atom. The highest BCUT2D eigenvalue weighted by atomic mass is 16.2. The summed E-state index contributed by atoms with van der Waals surface area (Å²) >= 11 is 0. The molecule has 1 aromatic carbocycles. The van der Waals surface area contributed by atoms with Crippen molar-refractivity contribution in [1.82, 2.24) is 15.1 Å². The first-order valence-electron chi connectivity index (χ1n) is 9.12. The number of hydrogen-bond donors (Lipinski definition) is 1. The van der Waals surface area contributed by atoms with E-state index in [1.807, 2.05) is 50.3 Å². The molecule has 1 aromatic rings. The average molecular weight is 355 g/mol. The molecule has 2 aliphatic heterocycles. The third kappa shape index (κ3) is 3.64. The average Bonchev–Trinajstić information content (AvgIpc) is 2.93. The number of piperidine rings is 1. The van der Waals surface area contributed by atoms with Crippen molar-refractivity contribution < 1.29 is 14.4 Å². The molecule has 0 aliphatic carbocycles. The van der Waals surface area contributed by atoms with Gasteiger partial charge in [-0.3, -0.25) is 14.5 Å². The van der Waals surface area contributed by atoms with Crippen LogP contribution in [0.4, 0.5) is 4.79 Å². The minimum atomic E-state index is -0.467. The summed E-state index contributed by atoms with van der Waals surface area (Å²) in [6, 6.07) is 6.62. The zero-order valence-electron chi connectivity index (χ0n) is 15.3. The molecule has 0 spiro atoms. The molecule has 2 saturated heterocycles. The molecular formula is C20H25N3O3.